The second-order valence-corrected chi connectivity index (χ2v) is 5.03. The predicted molar refractivity (Wildman–Crippen MR) is 91.7 cm³/mol. The molecule has 0 bridgehead atoms. The number of anilines is 1. The summed E-state index contributed by atoms with van der Waals surface area (Å²) in [5.41, 5.74) is 0.694. The molecule has 1 aromatic rings. The maximum atomic E-state index is 11.3. The third-order valence-electron chi connectivity index (χ3n) is 3.37. The smallest absolute Gasteiger partial charge is 0.411 e. The van der Waals surface area contributed by atoms with Gasteiger partial charge < -0.3 is 14.2 Å². The zero-order valence-electron chi connectivity index (χ0n) is 13.5. The van der Waals surface area contributed by atoms with Crippen LogP contribution in [0.4, 0.5) is 10.5 Å². The monoisotopic (exact) mass is 344 g/mol. The fourth-order valence-corrected chi connectivity index (χ4v) is 2.22. The average Bonchev–Trinajstić information content (AvgIpc) is 2.54. The third kappa shape index (κ3) is 7.54. The van der Waals surface area contributed by atoms with Crippen LogP contribution < -0.4 is 10.1 Å². The number of nitrogens with one attached hydrogen (secondary N) is 1. The summed E-state index contributed by atoms with van der Waals surface area (Å²) in [6.07, 6.45) is 0.546. The predicted octanol–water partition coefficient (Wildman–Crippen LogP) is 2.78. The van der Waals surface area contributed by atoms with E-state index in [-0.39, 0.29) is 12.4 Å². The molecule has 0 aromatic heterocycles. The summed E-state index contributed by atoms with van der Waals surface area (Å²) in [4.78, 5) is 13.7. The van der Waals surface area contributed by atoms with Crippen LogP contribution in [0.25, 0.3) is 0 Å². The lowest BCUT2D eigenvalue weighted by molar-refractivity contribution is 0.0358. The van der Waals surface area contributed by atoms with Crippen molar-refractivity contribution in [2.24, 2.45) is 0 Å². The van der Waals surface area contributed by atoms with Crippen LogP contribution in [-0.4, -0.2) is 57.1 Å². The van der Waals surface area contributed by atoms with Gasteiger partial charge in [0.2, 0.25) is 0 Å². The Labute approximate surface area is 143 Å². The van der Waals surface area contributed by atoms with Crippen molar-refractivity contribution in [1.29, 1.82) is 0 Å². The third-order valence-corrected chi connectivity index (χ3v) is 3.37. The molecule has 1 N–H and O–H groups in total. The highest BCUT2D eigenvalue weighted by molar-refractivity contribution is 5.85. The number of rotatable bonds is 7. The molecule has 1 saturated heterocycles. The lowest BCUT2D eigenvalue weighted by Gasteiger charge is -2.26. The Kier molecular flexibility index (Phi) is 9.43. The minimum atomic E-state index is -0.443. The van der Waals surface area contributed by atoms with Gasteiger partial charge in [0.25, 0.3) is 0 Å². The van der Waals surface area contributed by atoms with Crippen LogP contribution >= 0.6 is 12.4 Å². The van der Waals surface area contributed by atoms with Crippen molar-refractivity contribution in [1.82, 2.24) is 4.90 Å². The standard InChI is InChI=1S/C16H24N2O4.ClH/c1-2-21-16(19)17-14-4-6-15(7-5-14)22-11-3-8-18-9-12-20-13-10-18;/h4-7H,2-3,8-13H2,1H3,(H,17,19);1H. The first-order valence-electron chi connectivity index (χ1n) is 7.74. The SMILES string of the molecule is CCOC(=O)Nc1ccc(OCCCN2CCOCC2)cc1.Cl. The van der Waals surface area contributed by atoms with Gasteiger partial charge in [-0.05, 0) is 37.6 Å². The Morgan fingerprint density at radius 1 is 1.26 bits per heavy atom. The van der Waals surface area contributed by atoms with E-state index in [0.29, 0.717) is 18.9 Å². The minimum absolute atomic E-state index is 0. The zero-order chi connectivity index (χ0) is 15.6. The molecule has 0 radical (unpaired) electrons. The maximum absolute atomic E-state index is 11.3. The number of amides is 1. The van der Waals surface area contributed by atoms with Gasteiger partial charge in [-0.3, -0.25) is 10.2 Å². The number of hydrogen-bond acceptors (Lipinski definition) is 5. The fraction of sp³-hybridized carbons (Fsp3) is 0.562. The first-order chi connectivity index (χ1) is 10.8. The van der Waals surface area contributed by atoms with E-state index in [1.165, 1.54) is 0 Å². The molecule has 0 aliphatic carbocycles. The van der Waals surface area contributed by atoms with Gasteiger partial charge in [-0.25, -0.2) is 4.79 Å². The molecule has 23 heavy (non-hydrogen) atoms. The van der Waals surface area contributed by atoms with Crippen molar-refractivity contribution in [2.75, 3.05) is 51.4 Å². The van der Waals surface area contributed by atoms with E-state index in [1.54, 1.807) is 19.1 Å². The molecule has 1 aromatic carbocycles. The van der Waals surface area contributed by atoms with Crippen LogP contribution in [-0.2, 0) is 9.47 Å². The quantitative estimate of drug-likeness (QED) is 0.771. The molecule has 0 unspecified atom stereocenters. The summed E-state index contributed by atoms with van der Waals surface area (Å²) in [7, 11) is 0. The summed E-state index contributed by atoms with van der Waals surface area (Å²) in [6.45, 7) is 7.52. The lowest BCUT2D eigenvalue weighted by Crippen LogP contribution is -2.37. The van der Waals surface area contributed by atoms with Crippen LogP contribution in [0.3, 0.4) is 0 Å². The first kappa shape index (κ1) is 19.5. The number of benzene rings is 1. The fourth-order valence-electron chi connectivity index (χ4n) is 2.22. The molecule has 1 aliphatic rings. The second-order valence-electron chi connectivity index (χ2n) is 5.03. The molecule has 2 rings (SSSR count). The van der Waals surface area contributed by atoms with E-state index in [2.05, 4.69) is 10.2 Å². The molecular formula is C16H25ClN2O4. The highest BCUT2D eigenvalue weighted by Gasteiger charge is 2.09. The number of carbonyl (C=O) groups excluding carboxylic acids is 1. The van der Waals surface area contributed by atoms with Crippen molar-refractivity contribution >= 4 is 24.2 Å². The number of carbonyl (C=O) groups is 1. The Morgan fingerprint density at radius 3 is 2.61 bits per heavy atom. The van der Waals surface area contributed by atoms with E-state index in [4.69, 9.17) is 14.2 Å². The maximum Gasteiger partial charge on any atom is 0.411 e. The van der Waals surface area contributed by atoms with Gasteiger partial charge in [0.1, 0.15) is 5.75 Å². The van der Waals surface area contributed by atoms with Crippen molar-refractivity contribution < 1.29 is 19.0 Å². The molecule has 0 spiro atoms. The number of morpholine rings is 1. The number of halogens is 1. The van der Waals surface area contributed by atoms with Crippen LogP contribution in [0, 0.1) is 0 Å². The van der Waals surface area contributed by atoms with Gasteiger partial charge in [0.15, 0.2) is 0 Å². The largest absolute Gasteiger partial charge is 0.494 e. The molecule has 7 heteroatoms. The molecular weight excluding hydrogens is 320 g/mol. The molecule has 1 heterocycles. The van der Waals surface area contributed by atoms with Crippen LogP contribution in [0.1, 0.15) is 13.3 Å². The van der Waals surface area contributed by atoms with Crippen LogP contribution in [0.5, 0.6) is 5.75 Å². The number of ether oxygens (including phenoxy) is 3. The Morgan fingerprint density at radius 2 is 1.96 bits per heavy atom. The van der Waals surface area contributed by atoms with Gasteiger partial charge in [-0.2, -0.15) is 0 Å². The van der Waals surface area contributed by atoms with Crippen LogP contribution in [0.2, 0.25) is 0 Å². The zero-order valence-corrected chi connectivity index (χ0v) is 14.3. The minimum Gasteiger partial charge on any atom is -0.494 e. The normalized spacial score (nSPS) is 14.7. The topological polar surface area (TPSA) is 60.0 Å². The Hall–Kier alpha value is -1.50. The summed E-state index contributed by atoms with van der Waals surface area (Å²) < 4.78 is 15.8. The molecule has 130 valence electrons. The van der Waals surface area contributed by atoms with E-state index in [9.17, 15) is 4.79 Å². The van der Waals surface area contributed by atoms with Gasteiger partial charge in [-0.15, -0.1) is 12.4 Å². The Bertz CT molecular complexity index is 450. The van der Waals surface area contributed by atoms with Crippen molar-refractivity contribution in [2.45, 2.75) is 13.3 Å². The average molecular weight is 345 g/mol. The van der Waals surface area contributed by atoms with Gasteiger partial charge in [0.05, 0.1) is 26.4 Å². The second kappa shape index (κ2) is 11.1. The van der Waals surface area contributed by atoms with Gasteiger partial charge >= 0.3 is 6.09 Å². The van der Waals surface area contributed by atoms with E-state index >= 15 is 0 Å². The molecule has 1 amide bonds. The molecule has 0 saturated carbocycles. The number of nitrogens with zero attached hydrogens (tertiary/aromatic N) is 1. The molecule has 1 aliphatic heterocycles. The first-order valence-corrected chi connectivity index (χ1v) is 7.74. The van der Waals surface area contributed by atoms with E-state index in [0.717, 1.165) is 45.0 Å². The summed E-state index contributed by atoms with van der Waals surface area (Å²) in [6, 6.07) is 7.29. The highest BCUT2D eigenvalue weighted by Crippen LogP contribution is 2.16. The van der Waals surface area contributed by atoms with Crippen molar-refractivity contribution in [3.63, 3.8) is 0 Å². The van der Waals surface area contributed by atoms with Crippen LogP contribution in [0.15, 0.2) is 24.3 Å². The summed E-state index contributed by atoms with van der Waals surface area (Å²) >= 11 is 0. The highest BCUT2D eigenvalue weighted by atomic mass is 35.5. The van der Waals surface area contributed by atoms with Gasteiger partial charge in [-0.1, -0.05) is 0 Å². The summed E-state index contributed by atoms with van der Waals surface area (Å²) in [5.74, 6) is 0.802. The molecule has 0 atom stereocenters. The lowest BCUT2D eigenvalue weighted by atomic mass is 10.3. The van der Waals surface area contributed by atoms with E-state index < -0.39 is 6.09 Å². The molecule has 6 nitrogen and oxygen atoms in total. The van der Waals surface area contributed by atoms with Gasteiger partial charge in [0, 0.05) is 25.3 Å². The van der Waals surface area contributed by atoms with Crippen molar-refractivity contribution in [3.05, 3.63) is 24.3 Å². The van der Waals surface area contributed by atoms with Crippen molar-refractivity contribution in [3.8, 4) is 5.75 Å². The summed E-state index contributed by atoms with van der Waals surface area (Å²) in [5, 5.41) is 2.65. The molecule has 1 fully saturated rings. The Balaban J connectivity index is 0.00000264. The van der Waals surface area contributed by atoms with E-state index in [1.807, 2.05) is 12.1 Å². The number of hydrogen-bond donors (Lipinski definition) is 1.